The third kappa shape index (κ3) is 3.78. The summed E-state index contributed by atoms with van der Waals surface area (Å²) in [5.74, 6) is -1.06. The van der Waals surface area contributed by atoms with E-state index in [1.807, 2.05) is 0 Å². The lowest BCUT2D eigenvalue weighted by atomic mass is 10.2. The zero-order valence-corrected chi connectivity index (χ0v) is 10.8. The highest BCUT2D eigenvalue weighted by Crippen LogP contribution is 2.11. The van der Waals surface area contributed by atoms with Gasteiger partial charge in [-0.25, -0.2) is 8.78 Å². The number of methoxy groups -OCH3 is 1. The molecular weight excluding hydrogens is 264 g/mol. The number of nitrogens with zero attached hydrogens (tertiary/aromatic N) is 1. The standard InChI is InChI=1S/C15H12F2NO2/c1-19-13-5-2-11(3-6-13)9-18-20-10-12-4-7-14(16)15(17)8-12/h2-8H,10H2,1H3. The van der Waals surface area contributed by atoms with Gasteiger partial charge in [-0.15, -0.1) is 0 Å². The van der Waals surface area contributed by atoms with E-state index < -0.39 is 11.6 Å². The van der Waals surface area contributed by atoms with Crippen LogP contribution in [0.2, 0.25) is 0 Å². The first-order valence-corrected chi connectivity index (χ1v) is 5.85. The molecule has 0 aromatic heterocycles. The van der Waals surface area contributed by atoms with Crippen LogP contribution >= 0.6 is 0 Å². The molecule has 103 valence electrons. The summed E-state index contributed by atoms with van der Waals surface area (Å²) in [6.07, 6.45) is 2.67. The van der Waals surface area contributed by atoms with Crippen molar-refractivity contribution < 1.29 is 18.4 Å². The molecule has 0 heterocycles. The number of hydrogen-bond donors (Lipinski definition) is 0. The highest BCUT2D eigenvalue weighted by atomic mass is 19.2. The van der Waals surface area contributed by atoms with Crippen LogP contribution in [0.25, 0.3) is 0 Å². The van der Waals surface area contributed by atoms with Crippen molar-refractivity contribution in [3.8, 4) is 5.75 Å². The fourth-order valence-corrected chi connectivity index (χ4v) is 1.49. The molecule has 0 aliphatic heterocycles. The van der Waals surface area contributed by atoms with Crippen LogP contribution in [0.3, 0.4) is 0 Å². The van der Waals surface area contributed by atoms with E-state index in [9.17, 15) is 8.78 Å². The second-order valence-corrected chi connectivity index (χ2v) is 3.95. The second-order valence-electron chi connectivity index (χ2n) is 3.95. The predicted molar refractivity (Wildman–Crippen MR) is 70.7 cm³/mol. The van der Waals surface area contributed by atoms with Crippen molar-refractivity contribution in [2.75, 3.05) is 7.11 Å². The Bertz CT molecular complexity index is 597. The van der Waals surface area contributed by atoms with E-state index in [0.29, 0.717) is 5.56 Å². The summed E-state index contributed by atoms with van der Waals surface area (Å²) in [7, 11) is 1.58. The van der Waals surface area contributed by atoms with E-state index in [-0.39, 0.29) is 6.61 Å². The van der Waals surface area contributed by atoms with Gasteiger partial charge in [-0.2, -0.15) is 0 Å². The van der Waals surface area contributed by atoms with E-state index >= 15 is 0 Å². The number of hydrogen-bond acceptors (Lipinski definition) is 3. The highest BCUT2D eigenvalue weighted by molar-refractivity contribution is 5.79. The molecule has 0 amide bonds. The Morgan fingerprint density at radius 3 is 2.45 bits per heavy atom. The van der Waals surface area contributed by atoms with Crippen LogP contribution in [0, 0.1) is 11.6 Å². The van der Waals surface area contributed by atoms with Gasteiger partial charge in [0.1, 0.15) is 18.6 Å². The zero-order valence-electron chi connectivity index (χ0n) is 10.8. The molecule has 5 heteroatoms. The quantitative estimate of drug-likeness (QED) is 0.619. The Hall–Kier alpha value is -2.43. The summed E-state index contributed by atoms with van der Waals surface area (Å²) in [6, 6.07) is 10.6. The van der Waals surface area contributed by atoms with Crippen molar-refractivity contribution >= 4 is 6.21 Å². The summed E-state index contributed by atoms with van der Waals surface area (Å²) in [5, 5.41) is 3.64. The summed E-state index contributed by atoms with van der Waals surface area (Å²) < 4.78 is 30.7. The van der Waals surface area contributed by atoms with E-state index in [1.54, 1.807) is 31.4 Å². The van der Waals surface area contributed by atoms with Crippen LogP contribution in [0.4, 0.5) is 8.78 Å². The fourth-order valence-electron chi connectivity index (χ4n) is 1.49. The molecule has 20 heavy (non-hydrogen) atoms. The molecule has 0 atom stereocenters. The first kappa shape index (κ1) is 14.0. The molecule has 0 saturated heterocycles. The summed E-state index contributed by atoms with van der Waals surface area (Å²) >= 11 is 0. The number of ether oxygens (including phenoxy) is 1. The molecule has 1 radical (unpaired) electrons. The Balaban J connectivity index is 1.88. The lowest BCUT2D eigenvalue weighted by Crippen LogP contribution is -1.92. The topological polar surface area (TPSA) is 30.8 Å². The second kappa shape index (κ2) is 6.65. The molecule has 0 bridgehead atoms. The van der Waals surface area contributed by atoms with Crippen molar-refractivity contribution in [3.05, 3.63) is 65.2 Å². The monoisotopic (exact) mass is 276 g/mol. The molecule has 0 fully saturated rings. The first-order valence-electron chi connectivity index (χ1n) is 5.85. The van der Waals surface area contributed by atoms with Crippen LogP contribution < -0.4 is 4.74 Å². The minimum atomic E-state index is -0.908. The average Bonchev–Trinajstić information content (AvgIpc) is 2.48. The van der Waals surface area contributed by atoms with Crippen molar-refractivity contribution in [1.29, 1.82) is 0 Å². The minimum absolute atomic E-state index is 0.0420. The SMILES string of the molecule is COc1ccc(/[C]=N\OCc2ccc(F)c(F)c2)cc1. The van der Waals surface area contributed by atoms with Crippen molar-refractivity contribution in [3.63, 3.8) is 0 Å². The van der Waals surface area contributed by atoms with Crippen LogP contribution in [0.1, 0.15) is 11.1 Å². The van der Waals surface area contributed by atoms with Gasteiger partial charge in [0.15, 0.2) is 11.6 Å². The number of benzene rings is 2. The van der Waals surface area contributed by atoms with E-state index in [2.05, 4.69) is 11.4 Å². The maximum atomic E-state index is 12.9. The summed E-state index contributed by atoms with van der Waals surface area (Å²) in [4.78, 5) is 4.97. The van der Waals surface area contributed by atoms with Gasteiger partial charge in [0, 0.05) is 5.56 Å². The number of halogens is 2. The van der Waals surface area contributed by atoms with Gasteiger partial charge in [0.25, 0.3) is 0 Å². The average molecular weight is 276 g/mol. The van der Waals surface area contributed by atoms with Crippen molar-refractivity contribution in [1.82, 2.24) is 0 Å². The predicted octanol–water partition coefficient (Wildman–Crippen LogP) is 3.40. The maximum Gasteiger partial charge on any atom is 0.159 e. The molecule has 0 aliphatic carbocycles. The minimum Gasteiger partial charge on any atom is -0.497 e. The Kier molecular flexibility index (Phi) is 4.65. The zero-order chi connectivity index (χ0) is 14.4. The fraction of sp³-hybridized carbons (Fsp3) is 0.133. The summed E-state index contributed by atoms with van der Waals surface area (Å²) in [5.41, 5.74) is 1.21. The maximum absolute atomic E-state index is 12.9. The van der Waals surface area contributed by atoms with Gasteiger partial charge in [0.05, 0.1) is 7.11 Å². The van der Waals surface area contributed by atoms with Crippen LogP contribution in [0.5, 0.6) is 5.75 Å². The van der Waals surface area contributed by atoms with Crippen LogP contribution in [-0.4, -0.2) is 13.3 Å². The molecular formula is C15H12F2NO2. The van der Waals surface area contributed by atoms with Gasteiger partial charge >= 0.3 is 0 Å². The molecule has 0 N–H and O–H groups in total. The highest BCUT2D eigenvalue weighted by Gasteiger charge is 2.02. The molecule has 0 aliphatic rings. The Morgan fingerprint density at radius 2 is 1.80 bits per heavy atom. The molecule has 3 nitrogen and oxygen atoms in total. The van der Waals surface area contributed by atoms with Gasteiger partial charge in [0.2, 0.25) is 0 Å². The molecule has 0 unspecified atom stereocenters. The molecule has 2 aromatic carbocycles. The molecule has 2 aromatic rings. The normalized spacial score (nSPS) is 10.8. The van der Waals surface area contributed by atoms with Crippen LogP contribution in [-0.2, 0) is 11.4 Å². The molecule has 2 rings (SSSR count). The van der Waals surface area contributed by atoms with E-state index in [1.165, 1.54) is 6.07 Å². The van der Waals surface area contributed by atoms with Gasteiger partial charge in [-0.05, 0) is 42.0 Å². The van der Waals surface area contributed by atoms with Gasteiger partial charge < -0.3 is 9.57 Å². The first-order chi connectivity index (χ1) is 9.69. The largest absolute Gasteiger partial charge is 0.497 e. The smallest absolute Gasteiger partial charge is 0.159 e. The van der Waals surface area contributed by atoms with E-state index in [4.69, 9.17) is 9.57 Å². The third-order valence-electron chi connectivity index (χ3n) is 2.54. The third-order valence-corrected chi connectivity index (χ3v) is 2.54. The molecule has 0 saturated carbocycles. The van der Waals surface area contributed by atoms with Crippen LogP contribution in [0.15, 0.2) is 47.6 Å². The molecule has 0 spiro atoms. The summed E-state index contributed by atoms with van der Waals surface area (Å²) in [6.45, 7) is 0.0420. The number of rotatable bonds is 5. The Labute approximate surface area is 115 Å². The Morgan fingerprint density at radius 1 is 1.05 bits per heavy atom. The van der Waals surface area contributed by atoms with Crippen molar-refractivity contribution in [2.24, 2.45) is 5.16 Å². The lowest BCUT2D eigenvalue weighted by Gasteiger charge is -2.01. The lowest BCUT2D eigenvalue weighted by molar-refractivity contribution is 0.132. The van der Waals surface area contributed by atoms with Gasteiger partial charge in [-0.1, -0.05) is 11.2 Å². The van der Waals surface area contributed by atoms with Gasteiger partial charge in [-0.3, -0.25) is 0 Å². The van der Waals surface area contributed by atoms with Crippen molar-refractivity contribution in [2.45, 2.75) is 6.61 Å². The van der Waals surface area contributed by atoms with E-state index in [0.717, 1.165) is 23.4 Å².